The van der Waals surface area contributed by atoms with Crippen LogP contribution in [0.1, 0.15) is 44.9 Å². The molecule has 3 heterocycles. The summed E-state index contributed by atoms with van der Waals surface area (Å²) in [7, 11) is 0. The first-order valence-electron chi connectivity index (χ1n) is 6.89. The van der Waals surface area contributed by atoms with Gasteiger partial charge in [0, 0.05) is 17.5 Å². The molecule has 16 heavy (non-hydrogen) atoms. The predicted octanol–water partition coefficient (Wildman–Crippen LogP) is 2.40. The Kier molecular flexibility index (Phi) is 2.01. The van der Waals surface area contributed by atoms with E-state index >= 15 is 0 Å². The lowest BCUT2D eigenvalue weighted by atomic mass is 9.65. The van der Waals surface area contributed by atoms with Crippen molar-refractivity contribution in [1.82, 2.24) is 5.32 Å². The number of fused-ring (bicyclic) bond motifs is 3. The van der Waals surface area contributed by atoms with Crippen LogP contribution in [0.3, 0.4) is 0 Å². The third-order valence-electron chi connectivity index (χ3n) is 5.18. The normalized spacial score (nSPS) is 40.5. The third kappa shape index (κ3) is 1.32. The third-order valence-corrected chi connectivity index (χ3v) is 5.18. The molecule has 2 fully saturated rings. The maximum Gasteiger partial charge on any atom is 0.0548 e. The SMILES string of the molecule is C1CC2CC3=C(CCC4(COC4)C3)C(C1)N2. The Morgan fingerprint density at radius 1 is 1.25 bits per heavy atom. The summed E-state index contributed by atoms with van der Waals surface area (Å²) < 4.78 is 5.45. The van der Waals surface area contributed by atoms with Gasteiger partial charge >= 0.3 is 0 Å². The Morgan fingerprint density at radius 2 is 2.19 bits per heavy atom. The average molecular weight is 219 g/mol. The van der Waals surface area contributed by atoms with Gasteiger partial charge in [-0.3, -0.25) is 0 Å². The molecule has 0 aromatic heterocycles. The second-order valence-corrected chi connectivity index (χ2v) is 6.35. The van der Waals surface area contributed by atoms with Crippen LogP contribution in [0, 0.1) is 5.41 Å². The molecule has 0 amide bonds. The van der Waals surface area contributed by atoms with Crippen molar-refractivity contribution in [2.24, 2.45) is 5.41 Å². The molecule has 1 N–H and O–H groups in total. The average Bonchev–Trinajstić information content (AvgIpc) is 2.26. The van der Waals surface area contributed by atoms with Crippen molar-refractivity contribution >= 4 is 0 Å². The van der Waals surface area contributed by atoms with Crippen LogP contribution in [-0.4, -0.2) is 25.3 Å². The molecule has 0 aromatic carbocycles. The summed E-state index contributed by atoms with van der Waals surface area (Å²) in [5.74, 6) is 0. The molecule has 0 radical (unpaired) electrons. The summed E-state index contributed by atoms with van der Waals surface area (Å²) in [5, 5.41) is 3.83. The fourth-order valence-corrected chi connectivity index (χ4v) is 4.25. The lowest BCUT2D eigenvalue weighted by molar-refractivity contribution is -0.120. The fraction of sp³-hybridized carbons (Fsp3) is 0.857. The van der Waals surface area contributed by atoms with Crippen LogP contribution >= 0.6 is 0 Å². The van der Waals surface area contributed by atoms with Gasteiger partial charge in [0.25, 0.3) is 0 Å². The van der Waals surface area contributed by atoms with E-state index in [0.717, 1.165) is 25.3 Å². The summed E-state index contributed by atoms with van der Waals surface area (Å²) in [6.45, 7) is 2.07. The molecule has 0 saturated carbocycles. The van der Waals surface area contributed by atoms with Gasteiger partial charge in [0.05, 0.1) is 13.2 Å². The van der Waals surface area contributed by atoms with Gasteiger partial charge in [0.2, 0.25) is 0 Å². The van der Waals surface area contributed by atoms with Crippen molar-refractivity contribution in [3.05, 3.63) is 11.1 Å². The first kappa shape index (κ1) is 9.67. The molecule has 2 bridgehead atoms. The molecule has 1 aliphatic carbocycles. The molecule has 88 valence electrons. The van der Waals surface area contributed by atoms with Crippen molar-refractivity contribution in [3.63, 3.8) is 0 Å². The maximum absolute atomic E-state index is 5.45. The number of nitrogens with one attached hydrogen (secondary N) is 1. The van der Waals surface area contributed by atoms with Gasteiger partial charge in [-0.05, 0) is 38.5 Å². The zero-order chi connectivity index (χ0) is 10.6. The van der Waals surface area contributed by atoms with E-state index in [2.05, 4.69) is 5.32 Å². The van der Waals surface area contributed by atoms with Gasteiger partial charge in [-0.1, -0.05) is 17.6 Å². The van der Waals surface area contributed by atoms with Crippen LogP contribution in [0.25, 0.3) is 0 Å². The molecular formula is C14H21NO. The smallest absolute Gasteiger partial charge is 0.0548 e. The standard InChI is InChI=1S/C14H21NO/c1-2-11-6-10-7-14(8-16-9-14)5-4-12(10)13(3-1)15-11/h11,13,15H,1-9H2. The fourth-order valence-electron chi connectivity index (χ4n) is 4.25. The summed E-state index contributed by atoms with van der Waals surface area (Å²) >= 11 is 0. The van der Waals surface area contributed by atoms with Gasteiger partial charge in [0.1, 0.15) is 0 Å². The highest BCUT2D eigenvalue weighted by Crippen LogP contribution is 2.48. The molecule has 0 aromatic rings. The Morgan fingerprint density at radius 3 is 3.00 bits per heavy atom. The van der Waals surface area contributed by atoms with Crippen molar-refractivity contribution < 1.29 is 4.74 Å². The van der Waals surface area contributed by atoms with E-state index in [-0.39, 0.29) is 0 Å². The van der Waals surface area contributed by atoms with E-state index in [1.165, 1.54) is 44.9 Å². The number of ether oxygens (including phenoxy) is 1. The molecular weight excluding hydrogens is 198 g/mol. The van der Waals surface area contributed by atoms with Crippen molar-refractivity contribution in [2.75, 3.05) is 13.2 Å². The number of hydrogen-bond acceptors (Lipinski definition) is 2. The van der Waals surface area contributed by atoms with Crippen LogP contribution in [0.4, 0.5) is 0 Å². The van der Waals surface area contributed by atoms with Gasteiger partial charge in [0.15, 0.2) is 0 Å². The number of piperidine rings is 1. The first-order chi connectivity index (χ1) is 7.85. The van der Waals surface area contributed by atoms with Crippen molar-refractivity contribution in [2.45, 2.75) is 57.0 Å². The molecule has 3 aliphatic heterocycles. The van der Waals surface area contributed by atoms with E-state index in [0.29, 0.717) is 5.41 Å². The van der Waals surface area contributed by atoms with E-state index < -0.39 is 0 Å². The second-order valence-electron chi connectivity index (χ2n) is 6.35. The highest BCUT2D eigenvalue weighted by molar-refractivity contribution is 5.30. The van der Waals surface area contributed by atoms with Crippen molar-refractivity contribution in [3.8, 4) is 0 Å². The highest BCUT2D eigenvalue weighted by atomic mass is 16.5. The summed E-state index contributed by atoms with van der Waals surface area (Å²) in [5.41, 5.74) is 4.20. The van der Waals surface area contributed by atoms with Crippen LogP contribution in [0.2, 0.25) is 0 Å². The largest absolute Gasteiger partial charge is 0.380 e. The summed E-state index contributed by atoms with van der Waals surface area (Å²) in [6, 6.07) is 1.55. The van der Waals surface area contributed by atoms with Crippen LogP contribution in [0.15, 0.2) is 11.1 Å². The molecule has 4 aliphatic rings. The second kappa shape index (κ2) is 3.33. The molecule has 2 nitrogen and oxygen atoms in total. The van der Waals surface area contributed by atoms with E-state index in [1.54, 1.807) is 5.57 Å². The minimum atomic E-state index is 0.574. The molecule has 2 atom stereocenters. The van der Waals surface area contributed by atoms with Crippen LogP contribution in [-0.2, 0) is 4.74 Å². The molecule has 4 rings (SSSR count). The number of rotatable bonds is 0. The van der Waals surface area contributed by atoms with Gasteiger partial charge in [-0.2, -0.15) is 0 Å². The maximum atomic E-state index is 5.45. The lowest BCUT2D eigenvalue weighted by Gasteiger charge is -2.50. The van der Waals surface area contributed by atoms with Crippen LogP contribution < -0.4 is 5.32 Å². The topological polar surface area (TPSA) is 21.3 Å². The monoisotopic (exact) mass is 219 g/mol. The summed E-state index contributed by atoms with van der Waals surface area (Å²) in [4.78, 5) is 0. The first-order valence-corrected chi connectivity index (χ1v) is 6.89. The minimum absolute atomic E-state index is 0.574. The highest BCUT2D eigenvalue weighted by Gasteiger charge is 2.44. The van der Waals surface area contributed by atoms with Gasteiger partial charge in [-0.25, -0.2) is 0 Å². The van der Waals surface area contributed by atoms with Gasteiger partial charge < -0.3 is 10.1 Å². The van der Waals surface area contributed by atoms with E-state index in [9.17, 15) is 0 Å². The van der Waals surface area contributed by atoms with Crippen molar-refractivity contribution in [1.29, 1.82) is 0 Å². The lowest BCUT2D eigenvalue weighted by Crippen LogP contribution is -2.51. The molecule has 2 saturated heterocycles. The minimum Gasteiger partial charge on any atom is -0.380 e. The molecule has 1 spiro atoms. The molecule has 2 unspecified atom stereocenters. The molecule has 2 heteroatoms. The zero-order valence-corrected chi connectivity index (χ0v) is 9.93. The summed E-state index contributed by atoms with van der Waals surface area (Å²) in [6.07, 6.45) is 9.66. The number of hydrogen-bond donors (Lipinski definition) is 1. The van der Waals surface area contributed by atoms with Gasteiger partial charge in [-0.15, -0.1) is 0 Å². The van der Waals surface area contributed by atoms with Crippen LogP contribution in [0.5, 0.6) is 0 Å². The van der Waals surface area contributed by atoms with E-state index in [1.807, 2.05) is 5.57 Å². The Balaban J connectivity index is 1.64. The zero-order valence-electron chi connectivity index (χ0n) is 9.93. The van der Waals surface area contributed by atoms with E-state index in [4.69, 9.17) is 4.74 Å². The Hall–Kier alpha value is -0.340. The Bertz CT molecular complexity index is 343. The predicted molar refractivity (Wildman–Crippen MR) is 63.3 cm³/mol. The Labute approximate surface area is 97.4 Å². The quantitative estimate of drug-likeness (QED) is 0.632.